The fourth-order valence-corrected chi connectivity index (χ4v) is 6.36. The molecule has 1 unspecified atom stereocenters. The summed E-state index contributed by atoms with van der Waals surface area (Å²) in [5.41, 5.74) is 3.04. The van der Waals surface area contributed by atoms with E-state index in [1.165, 1.54) is 38.5 Å². The highest BCUT2D eigenvalue weighted by atomic mass is 16.2. The lowest BCUT2D eigenvalue weighted by Crippen LogP contribution is -2.57. The monoisotopic (exact) mass is 354 g/mol. The van der Waals surface area contributed by atoms with E-state index in [-0.39, 0.29) is 11.5 Å². The highest BCUT2D eigenvalue weighted by Gasteiger charge is 2.53. The molecule has 26 heavy (non-hydrogen) atoms. The SMILES string of the molecule is Cc1cc(C)cc(NC(=O)C(=O)NC(C)C23CC4CC(CC(C4)C2)C3)c1. The van der Waals surface area contributed by atoms with Crippen molar-refractivity contribution in [2.75, 3.05) is 5.32 Å². The van der Waals surface area contributed by atoms with Gasteiger partial charge in [-0.15, -0.1) is 0 Å². The number of aryl methyl sites for hydroxylation is 2. The van der Waals surface area contributed by atoms with Crippen LogP contribution in [0.4, 0.5) is 5.69 Å². The van der Waals surface area contributed by atoms with Gasteiger partial charge in [-0.2, -0.15) is 0 Å². The molecule has 1 aromatic rings. The molecule has 0 aromatic heterocycles. The van der Waals surface area contributed by atoms with Crippen LogP contribution in [-0.4, -0.2) is 17.9 Å². The van der Waals surface area contributed by atoms with Crippen molar-refractivity contribution in [1.82, 2.24) is 5.32 Å². The number of nitrogens with one attached hydrogen (secondary N) is 2. The Morgan fingerprint density at radius 1 is 0.923 bits per heavy atom. The first-order valence-corrected chi connectivity index (χ1v) is 10.0. The second-order valence-corrected chi connectivity index (χ2v) is 9.31. The lowest BCUT2D eigenvalue weighted by molar-refractivity contribution is -0.138. The Kier molecular flexibility index (Phi) is 4.32. The molecule has 2 amide bonds. The molecule has 0 heterocycles. The van der Waals surface area contributed by atoms with Crippen LogP contribution < -0.4 is 10.6 Å². The molecule has 4 heteroatoms. The van der Waals surface area contributed by atoms with Crippen LogP contribution in [0.25, 0.3) is 0 Å². The molecular formula is C22H30N2O2. The topological polar surface area (TPSA) is 58.2 Å². The average Bonchev–Trinajstić information content (AvgIpc) is 2.52. The number of carbonyl (C=O) groups excluding carboxylic acids is 2. The molecule has 5 rings (SSSR count). The van der Waals surface area contributed by atoms with E-state index in [4.69, 9.17) is 0 Å². The van der Waals surface area contributed by atoms with E-state index < -0.39 is 11.8 Å². The van der Waals surface area contributed by atoms with Gasteiger partial charge in [-0.1, -0.05) is 6.07 Å². The Morgan fingerprint density at radius 2 is 1.42 bits per heavy atom. The van der Waals surface area contributed by atoms with Gasteiger partial charge in [0.2, 0.25) is 0 Å². The van der Waals surface area contributed by atoms with Crippen LogP contribution in [0, 0.1) is 37.0 Å². The first-order chi connectivity index (χ1) is 12.3. The summed E-state index contributed by atoms with van der Waals surface area (Å²) in [6, 6.07) is 5.89. The summed E-state index contributed by atoms with van der Waals surface area (Å²) >= 11 is 0. The summed E-state index contributed by atoms with van der Waals surface area (Å²) in [5.74, 6) is 1.44. The maximum absolute atomic E-state index is 12.5. The number of hydrogen-bond donors (Lipinski definition) is 2. The molecule has 140 valence electrons. The minimum atomic E-state index is -0.563. The quantitative estimate of drug-likeness (QED) is 0.807. The summed E-state index contributed by atoms with van der Waals surface area (Å²) in [5, 5.41) is 5.79. The van der Waals surface area contributed by atoms with E-state index in [1.54, 1.807) is 0 Å². The molecule has 1 aromatic carbocycles. The smallest absolute Gasteiger partial charge is 0.313 e. The summed E-state index contributed by atoms with van der Waals surface area (Å²) in [4.78, 5) is 24.9. The van der Waals surface area contributed by atoms with Crippen LogP contribution in [0.1, 0.15) is 56.6 Å². The van der Waals surface area contributed by atoms with Gasteiger partial charge >= 0.3 is 11.8 Å². The first-order valence-electron chi connectivity index (χ1n) is 10.0. The van der Waals surface area contributed by atoms with Crippen LogP contribution in [0.15, 0.2) is 18.2 Å². The number of rotatable bonds is 3. The van der Waals surface area contributed by atoms with Gasteiger partial charge in [0.1, 0.15) is 0 Å². The van der Waals surface area contributed by atoms with E-state index in [9.17, 15) is 9.59 Å². The van der Waals surface area contributed by atoms with Crippen molar-refractivity contribution in [2.24, 2.45) is 23.2 Å². The maximum Gasteiger partial charge on any atom is 0.313 e. The minimum absolute atomic E-state index is 0.0633. The van der Waals surface area contributed by atoms with Crippen molar-refractivity contribution >= 4 is 17.5 Å². The molecule has 0 spiro atoms. The van der Waals surface area contributed by atoms with E-state index in [2.05, 4.69) is 17.6 Å². The van der Waals surface area contributed by atoms with Crippen LogP contribution in [0.2, 0.25) is 0 Å². The van der Waals surface area contributed by atoms with Crippen LogP contribution in [-0.2, 0) is 9.59 Å². The molecule has 2 N–H and O–H groups in total. The van der Waals surface area contributed by atoms with Crippen molar-refractivity contribution in [3.05, 3.63) is 29.3 Å². The maximum atomic E-state index is 12.5. The fraction of sp³-hybridized carbons (Fsp3) is 0.636. The van der Waals surface area contributed by atoms with Crippen molar-refractivity contribution in [3.8, 4) is 0 Å². The lowest BCUT2D eigenvalue weighted by atomic mass is 9.48. The van der Waals surface area contributed by atoms with Crippen molar-refractivity contribution in [2.45, 2.75) is 65.3 Å². The standard InChI is InChI=1S/C22H30N2O2/c1-13-4-14(2)6-19(5-13)24-21(26)20(25)23-15(3)22-10-16-7-17(11-22)9-18(8-16)12-22/h4-6,15-18H,7-12H2,1-3H3,(H,23,25)(H,24,26). The lowest BCUT2D eigenvalue weighted by Gasteiger charge is -2.59. The summed E-state index contributed by atoms with van der Waals surface area (Å²) in [6.07, 6.45) is 7.81. The molecule has 0 aliphatic heterocycles. The Hall–Kier alpha value is -1.84. The number of carbonyl (C=O) groups is 2. The molecule has 0 radical (unpaired) electrons. The van der Waals surface area contributed by atoms with Gasteiger partial charge in [0, 0.05) is 11.7 Å². The van der Waals surface area contributed by atoms with Crippen molar-refractivity contribution < 1.29 is 9.59 Å². The fourth-order valence-electron chi connectivity index (χ4n) is 6.36. The molecular weight excluding hydrogens is 324 g/mol. The number of anilines is 1. The van der Waals surface area contributed by atoms with Gasteiger partial charge in [-0.25, -0.2) is 0 Å². The third kappa shape index (κ3) is 3.26. The third-order valence-corrected chi connectivity index (χ3v) is 7.04. The van der Waals surface area contributed by atoms with Gasteiger partial charge in [0.15, 0.2) is 0 Å². The Morgan fingerprint density at radius 3 is 1.92 bits per heavy atom. The molecule has 1 atom stereocenters. The molecule has 4 saturated carbocycles. The summed E-state index contributed by atoms with van der Waals surface area (Å²) < 4.78 is 0. The van der Waals surface area contributed by atoms with Gasteiger partial charge in [0.25, 0.3) is 0 Å². The van der Waals surface area contributed by atoms with E-state index in [0.717, 1.165) is 28.9 Å². The zero-order valence-electron chi connectivity index (χ0n) is 16.1. The van der Waals surface area contributed by atoms with Gasteiger partial charge in [0.05, 0.1) is 0 Å². The van der Waals surface area contributed by atoms with E-state index in [0.29, 0.717) is 5.69 Å². The Bertz CT molecular complexity index is 684. The number of benzene rings is 1. The average molecular weight is 354 g/mol. The number of hydrogen-bond acceptors (Lipinski definition) is 2. The van der Waals surface area contributed by atoms with Crippen LogP contribution >= 0.6 is 0 Å². The summed E-state index contributed by atoms with van der Waals surface area (Å²) in [6.45, 7) is 6.07. The normalized spacial score (nSPS) is 33.0. The largest absolute Gasteiger partial charge is 0.345 e. The highest BCUT2D eigenvalue weighted by Crippen LogP contribution is 2.61. The van der Waals surface area contributed by atoms with Gasteiger partial charge < -0.3 is 10.6 Å². The zero-order valence-corrected chi connectivity index (χ0v) is 16.1. The predicted molar refractivity (Wildman–Crippen MR) is 103 cm³/mol. The molecule has 4 fully saturated rings. The Balaban J connectivity index is 1.40. The second kappa shape index (κ2) is 6.40. The third-order valence-electron chi connectivity index (χ3n) is 7.04. The molecule has 4 aliphatic rings. The summed E-state index contributed by atoms with van der Waals surface area (Å²) in [7, 11) is 0. The molecule has 4 aliphatic carbocycles. The minimum Gasteiger partial charge on any atom is -0.345 e. The first kappa shape index (κ1) is 17.6. The van der Waals surface area contributed by atoms with Crippen LogP contribution in [0.3, 0.4) is 0 Å². The van der Waals surface area contributed by atoms with Crippen molar-refractivity contribution in [3.63, 3.8) is 0 Å². The van der Waals surface area contributed by atoms with Crippen LogP contribution in [0.5, 0.6) is 0 Å². The van der Waals surface area contributed by atoms with Gasteiger partial charge in [-0.05, 0) is 106 Å². The van der Waals surface area contributed by atoms with Crippen molar-refractivity contribution in [1.29, 1.82) is 0 Å². The van der Waals surface area contributed by atoms with E-state index in [1.807, 2.05) is 32.0 Å². The Labute approximate surface area is 156 Å². The molecule has 4 nitrogen and oxygen atoms in total. The number of amides is 2. The highest BCUT2D eigenvalue weighted by molar-refractivity contribution is 6.39. The zero-order chi connectivity index (χ0) is 18.5. The predicted octanol–water partition coefficient (Wildman–Crippen LogP) is 3.96. The second-order valence-electron chi connectivity index (χ2n) is 9.31. The van der Waals surface area contributed by atoms with Gasteiger partial charge in [-0.3, -0.25) is 9.59 Å². The molecule has 0 saturated heterocycles. The van der Waals surface area contributed by atoms with E-state index >= 15 is 0 Å². The molecule has 4 bridgehead atoms.